The molecule has 3 aliphatic carbocycles. The highest BCUT2D eigenvalue weighted by Crippen LogP contribution is 2.45. The molecular formula is C31H34O2. The Morgan fingerprint density at radius 3 is 2.15 bits per heavy atom. The lowest BCUT2D eigenvalue weighted by molar-refractivity contribution is -0.121. The number of allylic oxidation sites excluding steroid dienone is 4. The van der Waals surface area contributed by atoms with Gasteiger partial charge in [-0.15, -0.1) is 0 Å². The number of carbonyl (C=O) groups excluding carboxylic acids is 2. The molecule has 3 aliphatic rings. The molecule has 0 N–H and O–H groups in total. The zero-order chi connectivity index (χ0) is 22.8. The zero-order valence-corrected chi connectivity index (χ0v) is 19.6. The maximum absolute atomic E-state index is 12.9. The summed E-state index contributed by atoms with van der Waals surface area (Å²) in [6, 6.07) is 17.4. The van der Waals surface area contributed by atoms with Gasteiger partial charge in [0.1, 0.15) is 5.78 Å². The smallest absolute Gasteiger partial charge is 0.162 e. The van der Waals surface area contributed by atoms with E-state index in [1.54, 1.807) is 0 Å². The second kappa shape index (κ2) is 9.63. The van der Waals surface area contributed by atoms with Crippen LogP contribution in [-0.2, 0) is 16.0 Å². The van der Waals surface area contributed by atoms with Gasteiger partial charge in [-0.1, -0.05) is 73.7 Å². The van der Waals surface area contributed by atoms with E-state index >= 15 is 0 Å². The molecule has 5 rings (SSSR count). The summed E-state index contributed by atoms with van der Waals surface area (Å²) in [6.07, 6.45) is 13.8. The average Bonchev–Trinajstić information content (AvgIpc) is 3.54. The minimum atomic E-state index is 0.0422. The predicted octanol–water partition coefficient (Wildman–Crippen LogP) is 7.24. The van der Waals surface area contributed by atoms with Crippen molar-refractivity contribution in [3.63, 3.8) is 0 Å². The van der Waals surface area contributed by atoms with Crippen molar-refractivity contribution in [3.8, 4) is 11.1 Å². The number of benzene rings is 2. The molecule has 2 nitrogen and oxygen atoms in total. The number of rotatable bonds is 6. The minimum Gasteiger partial charge on any atom is -0.299 e. The van der Waals surface area contributed by atoms with Gasteiger partial charge in [-0.2, -0.15) is 0 Å². The Morgan fingerprint density at radius 2 is 1.55 bits per heavy atom. The van der Waals surface area contributed by atoms with Gasteiger partial charge in [0.2, 0.25) is 0 Å². The number of hydrogen-bond acceptors (Lipinski definition) is 2. The molecule has 0 bridgehead atoms. The highest BCUT2D eigenvalue weighted by molar-refractivity contribution is 5.98. The Bertz CT molecular complexity index is 1060. The first-order valence-electron chi connectivity index (χ1n) is 12.7. The molecule has 0 aliphatic heterocycles. The van der Waals surface area contributed by atoms with Crippen molar-refractivity contribution < 1.29 is 9.59 Å². The van der Waals surface area contributed by atoms with Gasteiger partial charge in [-0.25, -0.2) is 0 Å². The van der Waals surface area contributed by atoms with Crippen molar-refractivity contribution >= 4 is 11.6 Å². The van der Waals surface area contributed by atoms with Crippen molar-refractivity contribution in [2.75, 3.05) is 0 Å². The average molecular weight is 439 g/mol. The van der Waals surface area contributed by atoms with Crippen LogP contribution in [-0.4, -0.2) is 11.6 Å². The maximum Gasteiger partial charge on any atom is 0.162 e. The van der Waals surface area contributed by atoms with E-state index in [1.807, 2.05) is 12.2 Å². The molecule has 2 heteroatoms. The number of aryl methyl sites for hydroxylation is 1. The molecule has 0 aromatic heterocycles. The van der Waals surface area contributed by atoms with E-state index in [1.165, 1.54) is 22.3 Å². The standard InChI is InChI=1S/C31H34O2/c1-2-21-7-9-22(10-8-21)23-11-15-25(16-12-23)29-19-28(20-30(29)32)24-13-17-27(18-14-24)31(33)26-5-3-4-6-26/h3-5,7-12,15-16,24,27-29H,2,6,13-14,17-20H2,1H3. The van der Waals surface area contributed by atoms with Crippen LogP contribution in [0.3, 0.4) is 0 Å². The topological polar surface area (TPSA) is 34.1 Å². The van der Waals surface area contributed by atoms with Crippen LogP contribution in [0.2, 0.25) is 0 Å². The van der Waals surface area contributed by atoms with E-state index in [-0.39, 0.29) is 11.8 Å². The van der Waals surface area contributed by atoms with E-state index in [0.717, 1.165) is 50.5 Å². The summed E-state index contributed by atoms with van der Waals surface area (Å²) in [5.41, 5.74) is 5.94. The van der Waals surface area contributed by atoms with Gasteiger partial charge in [-0.3, -0.25) is 9.59 Å². The molecule has 2 atom stereocenters. The Balaban J connectivity index is 1.19. The maximum atomic E-state index is 12.9. The second-order valence-electron chi connectivity index (χ2n) is 10.2. The number of carbonyl (C=O) groups is 2. The van der Waals surface area contributed by atoms with Gasteiger partial charge in [-0.05, 0) is 84.6 Å². The molecule has 0 heterocycles. The predicted molar refractivity (Wildman–Crippen MR) is 134 cm³/mol. The van der Waals surface area contributed by atoms with Crippen LogP contribution >= 0.6 is 0 Å². The van der Waals surface area contributed by atoms with Crippen molar-refractivity contribution in [1.29, 1.82) is 0 Å². The van der Waals surface area contributed by atoms with Crippen molar-refractivity contribution in [2.45, 2.75) is 64.2 Å². The third-order valence-electron chi connectivity index (χ3n) is 8.30. The van der Waals surface area contributed by atoms with E-state index in [0.29, 0.717) is 29.8 Å². The Morgan fingerprint density at radius 1 is 0.879 bits per heavy atom. The quantitative estimate of drug-likeness (QED) is 0.476. The first-order valence-corrected chi connectivity index (χ1v) is 12.7. The lowest BCUT2D eigenvalue weighted by Crippen LogP contribution is -2.26. The van der Waals surface area contributed by atoms with Gasteiger partial charge in [0, 0.05) is 18.3 Å². The second-order valence-corrected chi connectivity index (χ2v) is 10.2. The van der Waals surface area contributed by atoms with Gasteiger partial charge in [0.25, 0.3) is 0 Å². The molecule has 2 aromatic rings. The summed E-state index contributed by atoms with van der Waals surface area (Å²) in [6.45, 7) is 2.17. The Hall–Kier alpha value is -2.74. The lowest BCUT2D eigenvalue weighted by atomic mass is 9.73. The van der Waals surface area contributed by atoms with Crippen LogP contribution in [0.5, 0.6) is 0 Å². The lowest BCUT2D eigenvalue weighted by Gasteiger charge is -2.31. The normalized spacial score (nSPS) is 27.1. The first-order chi connectivity index (χ1) is 16.1. The summed E-state index contributed by atoms with van der Waals surface area (Å²) in [5.74, 6) is 2.07. The van der Waals surface area contributed by atoms with Crippen LogP contribution in [0.1, 0.15) is 68.9 Å². The summed E-state index contributed by atoms with van der Waals surface area (Å²) in [5, 5.41) is 0. The fraction of sp³-hybridized carbons (Fsp3) is 0.419. The first kappa shape index (κ1) is 22.1. The minimum absolute atomic E-state index is 0.0422. The van der Waals surface area contributed by atoms with Gasteiger partial charge >= 0.3 is 0 Å². The van der Waals surface area contributed by atoms with Crippen LogP contribution in [0.15, 0.2) is 72.3 Å². The van der Waals surface area contributed by atoms with Gasteiger partial charge in [0.05, 0.1) is 0 Å². The fourth-order valence-electron chi connectivity index (χ4n) is 6.19. The molecule has 2 fully saturated rings. The molecule has 2 unspecified atom stereocenters. The summed E-state index contributed by atoms with van der Waals surface area (Å²) in [4.78, 5) is 25.6. The fourth-order valence-corrected chi connectivity index (χ4v) is 6.19. The molecule has 0 spiro atoms. The highest BCUT2D eigenvalue weighted by Gasteiger charge is 2.39. The van der Waals surface area contributed by atoms with Gasteiger partial charge in [0.15, 0.2) is 5.78 Å². The van der Waals surface area contributed by atoms with Crippen LogP contribution < -0.4 is 0 Å². The van der Waals surface area contributed by atoms with Crippen molar-refractivity contribution in [1.82, 2.24) is 0 Å². The number of ketones is 2. The molecule has 0 amide bonds. The van der Waals surface area contributed by atoms with E-state index < -0.39 is 0 Å². The molecule has 0 radical (unpaired) electrons. The van der Waals surface area contributed by atoms with E-state index in [4.69, 9.17) is 0 Å². The number of Topliss-reactive ketones (excluding diaryl/α,β-unsaturated/α-hetero) is 2. The summed E-state index contributed by atoms with van der Waals surface area (Å²) < 4.78 is 0. The third-order valence-corrected chi connectivity index (χ3v) is 8.30. The highest BCUT2D eigenvalue weighted by atomic mass is 16.1. The van der Waals surface area contributed by atoms with Crippen molar-refractivity contribution in [3.05, 3.63) is 83.5 Å². The molecular weight excluding hydrogens is 404 g/mol. The number of hydrogen-bond donors (Lipinski definition) is 0. The van der Waals surface area contributed by atoms with Crippen LogP contribution in [0, 0.1) is 17.8 Å². The van der Waals surface area contributed by atoms with Gasteiger partial charge < -0.3 is 0 Å². The summed E-state index contributed by atoms with van der Waals surface area (Å²) >= 11 is 0. The van der Waals surface area contributed by atoms with Crippen LogP contribution in [0.4, 0.5) is 0 Å². The third kappa shape index (κ3) is 4.67. The SMILES string of the molecule is CCc1ccc(-c2ccc(C3CC(C4CCC(C(=O)C5=CC=CC5)CC4)CC3=O)cc2)cc1. The Labute approximate surface area is 197 Å². The summed E-state index contributed by atoms with van der Waals surface area (Å²) in [7, 11) is 0. The molecule has 33 heavy (non-hydrogen) atoms. The molecule has 0 saturated heterocycles. The molecule has 170 valence electrons. The van der Waals surface area contributed by atoms with E-state index in [2.05, 4.69) is 61.5 Å². The monoisotopic (exact) mass is 438 g/mol. The van der Waals surface area contributed by atoms with Crippen LogP contribution in [0.25, 0.3) is 11.1 Å². The largest absolute Gasteiger partial charge is 0.299 e. The Kier molecular flexibility index (Phi) is 6.44. The zero-order valence-electron chi connectivity index (χ0n) is 19.6. The molecule has 2 aromatic carbocycles. The van der Waals surface area contributed by atoms with E-state index in [9.17, 15) is 9.59 Å². The molecule has 2 saturated carbocycles. The van der Waals surface area contributed by atoms with Crippen molar-refractivity contribution in [2.24, 2.45) is 17.8 Å².